The molecule has 0 radical (unpaired) electrons. The molecule has 0 saturated heterocycles. The Labute approximate surface area is 267 Å². The maximum absolute atomic E-state index is 5.30. The Hall–Kier alpha value is -5.99. The van der Waals surface area contributed by atoms with E-state index in [4.69, 9.17) is 4.98 Å². The van der Waals surface area contributed by atoms with Gasteiger partial charge in [-0.3, -0.25) is 4.40 Å². The van der Waals surface area contributed by atoms with Crippen molar-refractivity contribution in [2.45, 2.75) is 6.92 Å². The number of aromatic nitrogens is 2. The predicted octanol–water partition coefficient (Wildman–Crippen LogP) is 12.0. The first-order valence-corrected chi connectivity index (χ1v) is 15.9. The molecule has 0 aliphatic rings. The highest BCUT2D eigenvalue weighted by Gasteiger charge is 2.18. The first-order valence-electron chi connectivity index (χ1n) is 15.9. The van der Waals surface area contributed by atoms with Gasteiger partial charge in [-0.25, -0.2) is 4.98 Å². The van der Waals surface area contributed by atoms with Crippen LogP contribution >= 0.6 is 0 Å². The lowest BCUT2D eigenvalue weighted by Gasteiger charge is -2.17. The van der Waals surface area contributed by atoms with Crippen LogP contribution in [0.15, 0.2) is 158 Å². The summed E-state index contributed by atoms with van der Waals surface area (Å²) in [6.07, 6.45) is 8.55. The first kappa shape index (κ1) is 26.4. The van der Waals surface area contributed by atoms with E-state index in [1.807, 2.05) is 0 Å². The summed E-state index contributed by atoms with van der Waals surface area (Å²) in [4.78, 5) is 5.30. The molecule has 2 aromatic heterocycles. The summed E-state index contributed by atoms with van der Waals surface area (Å²) >= 11 is 0. The topological polar surface area (TPSA) is 17.3 Å². The largest absolute Gasteiger partial charge is 0.292 e. The summed E-state index contributed by atoms with van der Waals surface area (Å²) in [5.74, 6) is 0. The third-order valence-corrected chi connectivity index (χ3v) is 9.28. The zero-order valence-electron chi connectivity index (χ0n) is 25.5. The van der Waals surface area contributed by atoms with Crippen LogP contribution in [0.1, 0.15) is 12.5 Å². The quantitative estimate of drug-likeness (QED) is 0.148. The Bertz CT molecular complexity index is 2700. The highest BCUT2D eigenvalue weighted by molar-refractivity contribution is 6.15. The van der Waals surface area contributed by atoms with E-state index in [-0.39, 0.29) is 0 Å². The van der Waals surface area contributed by atoms with Crippen LogP contribution in [-0.4, -0.2) is 9.38 Å². The third-order valence-electron chi connectivity index (χ3n) is 9.28. The van der Waals surface area contributed by atoms with Gasteiger partial charge >= 0.3 is 0 Å². The zero-order chi connectivity index (χ0) is 30.6. The number of fused-ring (bicyclic) bond motifs is 10. The SMILES string of the molecule is C/C=C\C=C/c1cc(-c2cccc3ccccc23)c2ccccc2c1-c1ccc2c(c1)nc1c3ccccc3c3ccccc3n21. The summed E-state index contributed by atoms with van der Waals surface area (Å²) in [6, 6.07) is 50.5. The van der Waals surface area contributed by atoms with Crippen molar-refractivity contribution in [3.8, 4) is 22.3 Å². The number of nitrogens with zero attached hydrogens (tertiary/aromatic N) is 2. The summed E-state index contributed by atoms with van der Waals surface area (Å²) in [5.41, 5.74) is 10.3. The number of allylic oxidation sites excluding steroid dienone is 3. The average molecular weight is 587 g/mol. The minimum atomic E-state index is 0.990. The zero-order valence-corrected chi connectivity index (χ0v) is 25.5. The van der Waals surface area contributed by atoms with Crippen LogP contribution in [0.3, 0.4) is 0 Å². The normalized spacial score (nSPS) is 12.3. The first-order chi connectivity index (χ1) is 22.8. The van der Waals surface area contributed by atoms with Gasteiger partial charge in [0.25, 0.3) is 0 Å². The predicted molar refractivity (Wildman–Crippen MR) is 197 cm³/mol. The van der Waals surface area contributed by atoms with Gasteiger partial charge < -0.3 is 0 Å². The molecular weight excluding hydrogens is 556 g/mol. The second-order valence-electron chi connectivity index (χ2n) is 11.9. The van der Waals surface area contributed by atoms with Gasteiger partial charge in [0.05, 0.1) is 16.6 Å². The molecule has 0 aliphatic heterocycles. The van der Waals surface area contributed by atoms with Crippen molar-refractivity contribution in [2.24, 2.45) is 0 Å². The van der Waals surface area contributed by atoms with Crippen molar-refractivity contribution in [1.82, 2.24) is 9.38 Å². The Morgan fingerprint density at radius 2 is 1.22 bits per heavy atom. The second-order valence-corrected chi connectivity index (χ2v) is 11.9. The molecule has 0 unspecified atom stereocenters. The van der Waals surface area contributed by atoms with Crippen LogP contribution in [-0.2, 0) is 0 Å². The summed E-state index contributed by atoms with van der Waals surface area (Å²) < 4.78 is 2.32. The molecule has 0 amide bonds. The van der Waals surface area contributed by atoms with Crippen LogP contribution in [0, 0.1) is 0 Å². The molecule has 7 aromatic carbocycles. The van der Waals surface area contributed by atoms with Gasteiger partial charge in [0.2, 0.25) is 0 Å². The van der Waals surface area contributed by atoms with E-state index < -0.39 is 0 Å². The second kappa shape index (κ2) is 10.6. The lowest BCUT2D eigenvalue weighted by molar-refractivity contribution is 1.31. The number of rotatable bonds is 4. The Kier molecular flexibility index (Phi) is 6.07. The highest BCUT2D eigenvalue weighted by Crippen LogP contribution is 2.42. The molecule has 2 nitrogen and oxygen atoms in total. The summed E-state index contributed by atoms with van der Waals surface area (Å²) in [6.45, 7) is 2.05. The average Bonchev–Trinajstić information content (AvgIpc) is 3.51. The van der Waals surface area contributed by atoms with Crippen molar-refractivity contribution >= 4 is 66.0 Å². The lowest BCUT2D eigenvalue weighted by Crippen LogP contribution is -1.92. The monoisotopic (exact) mass is 586 g/mol. The van der Waals surface area contributed by atoms with Crippen LogP contribution in [0.25, 0.3) is 88.2 Å². The minimum absolute atomic E-state index is 0.990. The lowest BCUT2D eigenvalue weighted by atomic mass is 9.86. The number of para-hydroxylation sites is 1. The third kappa shape index (κ3) is 4.01. The van der Waals surface area contributed by atoms with E-state index >= 15 is 0 Å². The fourth-order valence-corrected chi connectivity index (χ4v) is 7.27. The number of imidazole rings is 1. The maximum Gasteiger partial charge on any atom is 0.146 e. The van der Waals surface area contributed by atoms with Gasteiger partial charge in [-0.15, -0.1) is 0 Å². The van der Waals surface area contributed by atoms with E-state index in [9.17, 15) is 0 Å². The molecule has 9 aromatic rings. The number of pyridine rings is 1. The molecule has 0 bridgehead atoms. The molecule has 9 rings (SSSR count). The molecule has 0 N–H and O–H groups in total. The Balaban J connectivity index is 1.35. The fraction of sp³-hybridized carbons (Fsp3) is 0.0227. The summed E-state index contributed by atoms with van der Waals surface area (Å²) in [7, 11) is 0. The smallest absolute Gasteiger partial charge is 0.146 e. The van der Waals surface area contributed by atoms with Gasteiger partial charge in [0, 0.05) is 10.8 Å². The fourth-order valence-electron chi connectivity index (χ4n) is 7.27. The van der Waals surface area contributed by atoms with Gasteiger partial charge in [-0.2, -0.15) is 0 Å². The maximum atomic E-state index is 5.30. The van der Waals surface area contributed by atoms with Gasteiger partial charge in [-0.05, 0) is 85.9 Å². The van der Waals surface area contributed by atoms with Crippen LogP contribution < -0.4 is 0 Å². The molecule has 2 heterocycles. The van der Waals surface area contributed by atoms with Crippen molar-refractivity contribution in [1.29, 1.82) is 0 Å². The molecular formula is C44H30N2. The molecule has 216 valence electrons. The van der Waals surface area contributed by atoms with E-state index in [2.05, 4.69) is 175 Å². The molecule has 0 fully saturated rings. The molecule has 46 heavy (non-hydrogen) atoms. The highest BCUT2D eigenvalue weighted by atomic mass is 15.0. The van der Waals surface area contributed by atoms with Crippen molar-refractivity contribution in [3.05, 3.63) is 163 Å². The van der Waals surface area contributed by atoms with Crippen LogP contribution in [0.5, 0.6) is 0 Å². The van der Waals surface area contributed by atoms with Crippen molar-refractivity contribution in [2.75, 3.05) is 0 Å². The number of hydrogen-bond donors (Lipinski definition) is 0. The minimum Gasteiger partial charge on any atom is -0.292 e. The van der Waals surface area contributed by atoms with Crippen molar-refractivity contribution < 1.29 is 0 Å². The molecule has 0 aliphatic carbocycles. The van der Waals surface area contributed by atoms with Gasteiger partial charge in [0.1, 0.15) is 5.65 Å². The van der Waals surface area contributed by atoms with E-state index in [0.717, 1.165) is 22.2 Å². The standard InChI is InChI=1S/C44H30N2/c1-2-3-4-15-30-27-39(33-23-13-16-29-14-5-6-17-32(29)33)35-19-7-9-21-37(35)43(30)31-25-26-42-40(28-31)45-44-38-22-10-8-18-34(38)36-20-11-12-24-41(36)46(42)44/h2-28H,1H3/b3-2-,15-4-. The van der Waals surface area contributed by atoms with Gasteiger partial charge in [0.15, 0.2) is 0 Å². The van der Waals surface area contributed by atoms with Crippen molar-refractivity contribution in [3.63, 3.8) is 0 Å². The summed E-state index contributed by atoms with van der Waals surface area (Å²) in [5, 5.41) is 8.61. The Morgan fingerprint density at radius 3 is 2.07 bits per heavy atom. The Morgan fingerprint density at radius 1 is 0.522 bits per heavy atom. The van der Waals surface area contributed by atoms with E-state index in [1.54, 1.807) is 0 Å². The number of benzene rings is 7. The molecule has 0 saturated carbocycles. The molecule has 0 spiro atoms. The van der Waals surface area contributed by atoms with E-state index in [0.29, 0.717) is 0 Å². The van der Waals surface area contributed by atoms with Crippen LogP contribution in [0.2, 0.25) is 0 Å². The van der Waals surface area contributed by atoms with E-state index in [1.165, 1.54) is 65.5 Å². The van der Waals surface area contributed by atoms with Crippen LogP contribution in [0.4, 0.5) is 0 Å². The van der Waals surface area contributed by atoms with Gasteiger partial charge in [-0.1, -0.05) is 140 Å². The molecule has 0 atom stereocenters. The molecule has 2 heteroatoms. The number of hydrogen-bond acceptors (Lipinski definition) is 1.